The SMILES string of the molecule is CCCNC(=O)OCCCOCC(=O)NCc1ccc(CC(=O)N2CCC2=O)cc1. The minimum atomic E-state index is -0.445. The Morgan fingerprint density at radius 1 is 1.07 bits per heavy atom. The van der Waals surface area contributed by atoms with Crippen LogP contribution in [-0.4, -0.2) is 61.6 Å². The molecule has 1 heterocycles. The molecule has 9 heteroatoms. The Morgan fingerprint density at radius 3 is 2.43 bits per heavy atom. The van der Waals surface area contributed by atoms with Gasteiger partial charge in [-0.25, -0.2) is 4.79 Å². The molecule has 2 N–H and O–H groups in total. The Labute approximate surface area is 176 Å². The molecule has 0 unspecified atom stereocenters. The van der Waals surface area contributed by atoms with E-state index in [9.17, 15) is 19.2 Å². The van der Waals surface area contributed by atoms with Crippen LogP contribution in [0.1, 0.15) is 37.3 Å². The molecule has 0 radical (unpaired) electrons. The van der Waals surface area contributed by atoms with E-state index in [2.05, 4.69) is 10.6 Å². The largest absolute Gasteiger partial charge is 0.449 e. The molecule has 164 valence electrons. The van der Waals surface area contributed by atoms with Crippen molar-refractivity contribution in [3.8, 4) is 0 Å². The fraction of sp³-hybridized carbons (Fsp3) is 0.524. The molecule has 1 aromatic rings. The molecule has 1 aromatic carbocycles. The van der Waals surface area contributed by atoms with Gasteiger partial charge < -0.3 is 20.1 Å². The first-order valence-corrected chi connectivity index (χ1v) is 10.2. The molecule has 0 aliphatic carbocycles. The highest BCUT2D eigenvalue weighted by Gasteiger charge is 2.29. The van der Waals surface area contributed by atoms with E-state index in [0.29, 0.717) is 39.1 Å². The Kier molecular flexibility index (Phi) is 9.79. The van der Waals surface area contributed by atoms with Crippen molar-refractivity contribution in [2.45, 2.75) is 39.2 Å². The maximum Gasteiger partial charge on any atom is 0.407 e. The molecule has 1 aliphatic rings. The standard InChI is InChI=1S/C21H29N3O6/c1-2-9-22-21(28)30-12-3-11-29-15-18(25)23-14-17-6-4-16(5-7-17)13-20(27)24-10-8-19(24)26/h4-7H,2-3,8-15H2,1H3,(H,22,28)(H,23,25). The number of benzene rings is 1. The Hall–Kier alpha value is -2.94. The van der Waals surface area contributed by atoms with Gasteiger partial charge in [0.1, 0.15) is 6.61 Å². The molecule has 1 saturated heterocycles. The van der Waals surface area contributed by atoms with E-state index >= 15 is 0 Å². The molecule has 1 aliphatic heterocycles. The fourth-order valence-corrected chi connectivity index (χ4v) is 2.64. The maximum atomic E-state index is 12.0. The summed E-state index contributed by atoms with van der Waals surface area (Å²) in [6.07, 6.45) is 1.54. The number of carbonyl (C=O) groups is 4. The Bertz CT molecular complexity index is 735. The van der Waals surface area contributed by atoms with Gasteiger partial charge in [-0.3, -0.25) is 19.3 Å². The second-order valence-corrected chi connectivity index (χ2v) is 6.93. The summed E-state index contributed by atoms with van der Waals surface area (Å²) in [4.78, 5) is 47.5. The second kappa shape index (κ2) is 12.6. The van der Waals surface area contributed by atoms with Crippen molar-refractivity contribution in [1.29, 1.82) is 0 Å². The van der Waals surface area contributed by atoms with Gasteiger partial charge in [-0.15, -0.1) is 0 Å². The zero-order valence-corrected chi connectivity index (χ0v) is 17.3. The number of nitrogens with one attached hydrogen (secondary N) is 2. The zero-order valence-electron chi connectivity index (χ0n) is 17.3. The number of β-lactam (4-membered cyclic amide) rings is 1. The third kappa shape index (κ3) is 8.20. The average Bonchev–Trinajstić information content (AvgIpc) is 2.72. The van der Waals surface area contributed by atoms with Crippen LogP contribution in [0.3, 0.4) is 0 Å². The summed E-state index contributed by atoms with van der Waals surface area (Å²) in [5.74, 6) is -0.546. The molecule has 0 aromatic heterocycles. The summed E-state index contributed by atoms with van der Waals surface area (Å²) in [6, 6.07) is 7.30. The van der Waals surface area contributed by atoms with Crippen molar-refractivity contribution in [1.82, 2.24) is 15.5 Å². The van der Waals surface area contributed by atoms with Gasteiger partial charge in [-0.1, -0.05) is 31.2 Å². The lowest BCUT2D eigenvalue weighted by atomic mass is 10.1. The highest BCUT2D eigenvalue weighted by Crippen LogP contribution is 2.12. The van der Waals surface area contributed by atoms with E-state index in [1.54, 1.807) is 0 Å². The molecule has 0 bridgehead atoms. The van der Waals surface area contributed by atoms with E-state index in [-0.39, 0.29) is 37.4 Å². The van der Waals surface area contributed by atoms with Crippen LogP contribution >= 0.6 is 0 Å². The molecule has 2 rings (SSSR count). The predicted molar refractivity (Wildman–Crippen MR) is 108 cm³/mol. The molecule has 1 fully saturated rings. The Balaban J connectivity index is 1.54. The lowest BCUT2D eigenvalue weighted by Crippen LogP contribution is -2.48. The summed E-state index contributed by atoms with van der Waals surface area (Å²) in [5.41, 5.74) is 1.72. The van der Waals surface area contributed by atoms with Crippen molar-refractivity contribution in [2.24, 2.45) is 0 Å². The third-order valence-corrected chi connectivity index (χ3v) is 4.44. The third-order valence-electron chi connectivity index (χ3n) is 4.44. The number of hydrogen-bond donors (Lipinski definition) is 2. The summed E-state index contributed by atoms with van der Waals surface area (Å²) >= 11 is 0. The molecule has 0 saturated carbocycles. The van der Waals surface area contributed by atoms with Crippen molar-refractivity contribution in [3.63, 3.8) is 0 Å². The van der Waals surface area contributed by atoms with Gasteiger partial charge in [-0.05, 0) is 17.5 Å². The molecule has 4 amide bonds. The van der Waals surface area contributed by atoms with Crippen LogP contribution in [0.2, 0.25) is 0 Å². The lowest BCUT2D eigenvalue weighted by molar-refractivity contribution is -0.151. The Morgan fingerprint density at radius 2 is 1.80 bits per heavy atom. The first-order chi connectivity index (χ1) is 14.5. The first kappa shape index (κ1) is 23.3. The van der Waals surface area contributed by atoms with Crippen molar-refractivity contribution in [2.75, 3.05) is 32.9 Å². The quantitative estimate of drug-likeness (QED) is 0.388. The summed E-state index contributed by atoms with van der Waals surface area (Å²) in [6.45, 7) is 3.87. The van der Waals surface area contributed by atoms with E-state index < -0.39 is 6.09 Å². The van der Waals surface area contributed by atoms with Gasteiger partial charge in [0.05, 0.1) is 19.6 Å². The van der Waals surface area contributed by atoms with E-state index in [0.717, 1.165) is 17.5 Å². The molecule has 9 nitrogen and oxygen atoms in total. The number of imide groups is 1. The number of alkyl carbamates (subject to hydrolysis) is 1. The highest BCUT2D eigenvalue weighted by molar-refractivity contribution is 6.00. The fourth-order valence-electron chi connectivity index (χ4n) is 2.64. The molecule has 0 spiro atoms. The number of nitrogens with zero attached hydrogens (tertiary/aromatic N) is 1. The topological polar surface area (TPSA) is 114 Å². The number of amides is 4. The van der Waals surface area contributed by atoms with Crippen LogP contribution in [0, 0.1) is 0 Å². The summed E-state index contributed by atoms with van der Waals surface area (Å²) < 4.78 is 10.2. The summed E-state index contributed by atoms with van der Waals surface area (Å²) in [5, 5.41) is 5.35. The molecule has 30 heavy (non-hydrogen) atoms. The van der Waals surface area contributed by atoms with Gasteiger partial charge in [-0.2, -0.15) is 0 Å². The lowest BCUT2D eigenvalue weighted by Gasteiger charge is -2.28. The number of ether oxygens (including phenoxy) is 2. The van der Waals surface area contributed by atoms with E-state index in [1.807, 2.05) is 31.2 Å². The van der Waals surface area contributed by atoms with Gasteiger partial charge in [0, 0.05) is 32.5 Å². The number of hydrogen-bond acceptors (Lipinski definition) is 6. The van der Waals surface area contributed by atoms with E-state index in [1.165, 1.54) is 4.90 Å². The number of likely N-dealkylation sites (tertiary alicyclic amines) is 1. The van der Waals surface area contributed by atoms with Crippen LogP contribution in [0.4, 0.5) is 4.79 Å². The minimum Gasteiger partial charge on any atom is -0.449 e. The monoisotopic (exact) mass is 419 g/mol. The maximum absolute atomic E-state index is 12.0. The van der Waals surface area contributed by atoms with Crippen LogP contribution in [-0.2, 0) is 36.8 Å². The molecular weight excluding hydrogens is 390 g/mol. The van der Waals surface area contributed by atoms with Crippen LogP contribution in [0.25, 0.3) is 0 Å². The second-order valence-electron chi connectivity index (χ2n) is 6.93. The summed E-state index contributed by atoms with van der Waals surface area (Å²) in [7, 11) is 0. The van der Waals surface area contributed by atoms with E-state index in [4.69, 9.17) is 9.47 Å². The number of carbonyl (C=O) groups excluding carboxylic acids is 4. The van der Waals surface area contributed by atoms with Gasteiger partial charge in [0.15, 0.2) is 0 Å². The van der Waals surface area contributed by atoms with Crippen LogP contribution in [0.15, 0.2) is 24.3 Å². The minimum absolute atomic E-state index is 0.0710. The van der Waals surface area contributed by atoms with Crippen LogP contribution in [0.5, 0.6) is 0 Å². The van der Waals surface area contributed by atoms with Crippen molar-refractivity contribution >= 4 is 23.8 Å². The number of rotatable bonds is 12. The average molecular weight is 419 g/mol. The highest BCUT2D eigenvalue weighted by atomic mass is 16.5. The van der Waals surface area contributed by atoms with Crippen molar-refractivity contribution in [3.05, 3.63) is 35.4 Å². The first-order valence-electron chi connectivity index (χ1n) is 10.2. The van der Waals surface area contributed by atoms with Gasteiger partial charge >= 0.3 is 6.09 Å². The predicted octanol–water partition coefficient (Wildman–Crippen LogP) is 1.15. The van der Waals surface area contributed by atoms with Crippen LogP contribution < -0.4 is 10.6 Å². The van der Waals surface area contributed by atoms with Crippen molar-refractivity contribution < 1.29 is 28.7 Å². The molecule has 0 atom stereocenters. The smallest absolute Gasteiger partial charge is 0.407 e. The zero-order chi connectivity index (χ0) is 21.8. The van der Waals surface area contributed by atoms with Gasteiger partial charge in [0.25, 0.3) is 0 Å². The van der Waals surface area contributed by atoms with Gasteiger partial charge in [0.2, 0.25) is 17.7 Å². The molecular formula is C21H29N3O6. The normalized spacial score (nSPS) is 12.8.